The molecule has 0 fully saturated rings. The largest absolute Gasteiger partial charge is 1.00 e. The van der Waals surface area contributed by atoms with Crippen molar-refractivity contribution in [2.75, 3.05) is 0 Å². The smallest absolute Gasteiger partial charge is 0.206 e. The van der Waals surface area contributed by atoms with Crippen LogP contribution in [0.3, 0.4) is 0 Å². The van der Waals surface area contributed by atoms with Gasteiger partial charge >= 0.3 is 0 Å². The van der Waals surface area contributed by atoms with Gasteiger partial charge in [0.25, 0.3) is 0 Å². The fourth-order valence-electron chi connectivity index (χ4n) is 2.14. The molecule has 0 aliphatic carbocycles. The normalized spacial score (nSPS) is 10.3. The van der Waals surface area contributed by atoms with E-state index in [-0.39, 0.29) is 22.8 Å². The molecular weight excluding hydrogens is 280 g/mol. The zero-order valence-electron chi connectivity index (χ0n) is 10.4. The molecule has 0 aliphatic heterocycles. The van der Waals surface area contributed by atoms with Gasteiger partial charge in [-0.05, 0) is 19.1 Å². The quantitative estimate of drug-likeness (QED) is 0.646. The van der Waals surface area contributed by atoms with Gasteiger partial charge in [-0.2, -0.15) is 4.57 Å². The van der Waals surface area contributed by atoms with Gasteiger partial charge in [0.1, 0.15) is 5.52 Å². The van der Waals surface area contributed by atoms with Crippen molar-refractivity contribution in [2.24, 2.45) is 0 Å². The highest BCUT2D eigenvalue weighted by atomic mass is 79.9. The molecule has 2 rings (SSSR count). The van der Waals surface area contributed by atoms with E-state index in [2.05, 4.69) is 30.4 Å². The maximum absolute atomic E-state index is 11.2. The lowest BCUT2D eigenvalue weighted by atomic mass is 10.2. The van der Waals surface area contributed by atoms with E-state index in [0.29, 0.717) is 6.54 Å². The Bertz CT molecular complexity index is 546. The molecule has 2 aromatic heterocycles. The molecule has 0 amide bonds. The molecule has 0 unspecified atom stereocenters. The van der Waals surface area contributed by atoms with Gasteiger partial charge in [0, 0.05) is 19.0 Å². The Morgan fingerprint density at radius 3 is 2.71 bits per heavy atom. The Balaban J connectivity index is 0.00000144. The molecule has 0 N–H and O–H groups in total. The van der Waals surface area contributed by atoms with Gasteiger partial charge in [-0.3, -0.25) is 4.79 Å². The third-order valence-corrected chi connectivity index (χ3v) is 2.89. The van der Waals surface area contributed by atoms with E-state index in [4.69, 9.17) is 0 Å². The number of ketones is 1. The maximum Gasteiger partial charge on any atom is 0.206 e. The number of hydrogen-bond acceptors (Lipinski definition) is 1. The minimum Gasteiger partial charge on any atom is -1.00 e. The number of hydrogen-bond donors (Lipinski definition) is 0. The average Bonchev–Trinajstić information content (AvgIpc) is 2.59. The number of carbonyl (C=O) groups excluding carboxylic acids is 1. The molecule has 0 aliphatic rings. The van der Waals surface area contributed by atoms with Crippen LogP contribution in [0.15, 0.2) is 24.5 Å². The summed E-state index contributed by atoms with van der Waals surface area (Å²) in [5.74, 6) is 0.187. The van der Waals surface area contributed by atoms with Crippen molar-refractivity contribution in [2.45, 2.75) is 33.7 Å². The Kier molecular flexibility index (Phi) is 4.46. The van der Waals surface area contributed by atoms with Crippen LogP contribution in [0.4, 0.5) is 0 Å². The van der Waals surface area contributed by atoms with Gasteiger partial charge in [-0.15, -0.1) is 0 Å². The minimum atomic E-state index is 0. The van der Waals surface area contributed by atoms with E-state index in [1.807, 2.05) is 17.0 Å². The van der Waals surface area contributed by atoms with Crippen LogP contribution < -0.4 is 21.5 Å². The third kappa shape index (κ3) is 2.57. The highest BCUT2D eigenvalue weighted by Gasteiger charge is 2.15. The second-order valence-corrected chi connectivity index (χ2v) is 4.16. The summed E-state index contributed by atoms with van der Waals surface area (Å²) >= 11 is 0. The van der Waals surface area contributed by atoms with E-state index in [9.17, 15) is 4.79 Å². The van der Waals surface area contributed by atoms with Gasteiger partial charge in [-0.25, -0.2) is 0 Å². The van der Waals surface area contributed by atoms with Crippen LogP contribution in [0.1, 0.15) is 25.2 Å². The van der Waals surface area contributed by atoms with Gasteiger partial charge in [-0.1, -0.05) is 6.92 Å². The van der Waals surface area contributed by atoms with E-state index in [1.54, 1.807) is 6.92 Å². The third-order valence-electron chi connectivity index (χ3n) is 2.89. The van der Waals surface area contributed by atoms with Gasteiger partial charge in [0.2, 0.25) is 12.2 Å². The monoisotopic (exact) mass is 296 g/mol. The molecule has 17 heavy (non-hydrogen) atoms. The molecule has 0 bridgehead atoms. The molecule has 0 aromatic carbocycles. The van der Waals surface area contributed by atoms with Crippen LogP contribution in [0.25, 0.3) is 5.52 Å². The molecule has 0 saturated heterocycles. The summed E-state index contributed by atoms with van der Waals surface area (Å²) in [6, 6.07) is 4.22. The molecule has 92 valence electrons. The van der Waals surface area contributed by atoms with Crippen LogP contribution in [0.5, 0.6) is 0 Å². The van der Waals surface area contributed by atoms with E-state index >= 15 is 0 Å². The van der Waals surface area contributed by atoms with Crippen LogP contribution in [-0.2, 0) is 17.8 Å². The summed E-state index contributed by atoms with van der Waals surface area (Å²) in [6.07, 6.45) is 4.94. The summed E-state index contributed by atoms with van der Waals surface area (Å²) in [5, 5.41) is 0. The lowest BCUT2D eigenvalue weighted by Crippen LogP contribution is -3.00. The number of carbonyl (C=O) groups is 1. The summed E-state index contributed by atoms with van der Waals surface area (Å²) in [4.78, 5) is 11.2. The minimum absolute atomic E-state index is 0. The number of Topliss-reactive ketones (excluding diaryl/α,β-unsaturated/α-hetero) is 1. The molecule has 0 spiro atoms. The van der Waals surface area contributed by atoms with Gasteiger partial charge in [0.15, 0.2) is 12.0 Å². The van der Waals surface area contributed by atoms with Crippen LogP contribution >= 0.6 is 0 Å². The first-order valence-corrected chi connectivity index (χ1v) is 5.62. The Morgan fingerprint density at radius 1 is 1.41 bits per heavy atom. The molecule has 0 radical (unpaired) electrons. The van der Waals surface area contributed by atoms with Gasteiger partial charge < -0.3 is 21.4 Å². The maximum atomic E-state index is 11.2. The Morgan fingerprint density at radius 2 is 2.12 bits per heavy atom. The van der Waals surface area contributed by atoms with Crippen LogP contribution in [0.2, 0.25) is 0 Å². The van der Waals surface area contributed by atoms with Crippen molar-refractivity contribution < 1.29 is 26.3 Å². The first-order valence-electron chi connectivity index (χ1n) is 5.62. The second-order valence-electron chi connectivity index (χ2n) is 4.16. The average molecular weight is 297 g/mol. The number of rotatable bonds is 3. The first kappa shape index (κ1) is 13.9. The topological polar surface area (TPSA) is 25.4 Å². The fourth-order valence-corrected chi connectivity index (χ4v) is 2.14. The van der Waals surface area contributed by atoms with E-state index in [0.717, 1.165) is 6.42 Å². The fraction of sp³-hybridized carbons (Fsp3) is 0.385. The zero-order chi connectivity index (χ0) is 11.7. The Hall–Kier alpha value is -1.16. The van der Waals surface area contributed by atoms with Crippen molar-refractivity contribution in [3.05, 3.63) is 35.9 Å². The summed E-state index contributed by atoms with van der Waals surface area (Å²) in [6.45, 7) is 6.29. The Labute approximate surface area is 112 Å². The molecule has 4 heteroatoms. The lowest BCUT2D eigenvalue weighted by Gasteiger charge is -2.04. The van der Waals surface area contributed by atoms with Crippen molar-refractivity contribution in [1.29, 1.82) is 0 Å². The molecule has 0 saturated carbocycles. The highest BCUT2D eigenvalue weighted by molar-refractivity contribution is 5.73. The molecular formula is C13H17BrN2O. The number of halogens is 1. The van der Waals surface area contributed by atoms with Crippen molar-refractivity contribution in [3.63, 3.8) is 0 Å². The van der Waals surface area contributed by atoms with Crippen molar-refractivity contribution in [3.8, 4) is 0 Å². The SMILES string of the molecule is CCc1c2ccc(C)n2cc[n+]1CC(C)=O.[Br-]. The lowest BCUT2D eigenvalue weighted by molar-refractivity contribution is -0.690. The standard InChI is InChI=1S/C13H17N2O.BrH/c1-4-12-13-6-5-10(2)15(13)8-7-14(12)9-11(3)16;/h5-8H,4,9H2,1-3H3;1H/q+1;/p-1. The van der Waals surface area contributed by atoms with E-state index in [1.165, 1.54) is 16.9 Å². The molecule has 0 atom stereocenters. The zero-order valence-corrected chi connectivity index (χ0v) is 12.0. The number of fused-ring (bicyclic) bond motifs is 1. The highest BCUT2D eigenvalue weighted by Crippen LogP contribution is 2.11. The van der Waals surface area contributed by atoms with Gasteiger partial charge in [0.05, 0.1) is 6.20 Å². The predicted molar refractivity (Wildman–Crippen MR) is 62.4 cm³/mol. The van der Waals surface area contributed by atoms with Crippen molar-refractivity contribution in [1.82, 2.24) is 4.40 Å². The predicted octanol–water partition coefficient (Wildman–Crippen LogP) is -1.31. The summed E-state index contributed by atoms with van der Waals surface area (Å²) in [5.41, 5.74) is 3.63. The molecule has 2 heterocycles. The van der Waals surface area contributed by atoms with Crippen molar-refractivity contribution >= 4 is 11.3 Å². The summed E-state index contributed by atoms with van der Waals surface area (Å²) in [7, 11) is 0. The number of aryl methyl sites for hydroxylation is 2. The first-order chi connectivity index (χ1) is 7.63. The molecule has 2 aromatic rings. The summed E-state index contributed by atoms with van der Waals surface area (Å²) < 4.78 is 4.20. The number of aromatic nitrogens is 2. The second kappa shape index (κ2) is 5.45. The van der Waals surface area contributed by atoms with Crippen LogP contribution in [-0.4, -0.2) is 10.2 Å². The number of nitrogens with zero attached hydrogens (tertiary/aromatic N) is 2. The van der Waals surface area contributed by atoms with Crippen LogP contribution in [0, 0.1) is 6.92 Å². The molecule has 3 nitrogen and oxygen atoms in total. The van der Waals surface area contributed by atoms with E-state index < -0.39 is 0 Å².